The number of thioether (sulfide) groups is 1. The summed E-state index contributed by atoms with van der Waals surface area (Å²) in [6.07, 6.45) is 1.55. The van der Waals surface area contributed by atoms with Crippen molar-refractivity contribution in [1.82, 2.24) is 19.9 Å². The molecule has 1 aromatic carbocycles. The second kappa shape index (κ2) is 8.28. The van der Waals surface area contributed by atoms with Crippen LogP contribution >= 0.6 is 23.1 Å². The van der Waals surface area contributed by atoms with Crippen LogP contribution in [-0.2, 0) is 4.79 Å². The molecule has 0 saturated carbocycles. The van der Waals surface area contributed by atoms with Crippen LogP contribution in [0.5, 0.6) is 0 Å². The van der Waals surface area contributed by atoms with E-state index in [9.17, 15) is 9.18 Å². The summed E-state index contributed by atoms with van der Waals surface area (Å²) in [6, 6.07) is 7.78. The number of rotatable bonds is 6. The highest BCUT2D eigenvalue weighted by atomic mass is 32.2. The predicted molar refractivity (Wildman–Crippen MR) is 114 cm³/mol. The van der Waals surface area contributed by atoms with Gasteiger partial charge in [-0.05, 0) is 44.2 Å². The Morgan fingerprint density at radius 2 is 2.07 bits per heavy atom. The van der Waals surface area contributed by atoms with Gasteiger partial charge in [0.1, 0.15) is 11.6 Å². The quantitative estimate of drug-likeness (QED) is 0.342. The number of nitrogen functional groups attached to an aromatic ring is 1. The third kappa shape index (κ3) is 4.07. The van der Waals surface area contributed by atoms with Gasteiger partial charge in [0, 0.05) is 10.9 Å². The number of hydrogen-bond donors (Lipinski definition) is 2. The zero-order valence-corrected chi connectivity index (χ0v) is 17.6. The molecule has 1 amide bonds. The van der Waals surface area contributed by atoms with E-state index < -0.39 is 5.25 Å². The molecule has 4 aromatic rings. The largest absolute Gasteiger partial charge is 0.469 e. The van der Waals surface area contributed by atoms with Gasteiger partial charge in [0.05, 0.1) is 22.8 Å². The molecule has 0 fully saturated rings. The number of amides is 1. The lowest BCUT2D eigenvalue weighted by Gasteiger charge is -2.09. The van der Waals surface area contributed by atoms with Gasteiger partial charge in [0.2, 0.25) is 11.1 Å². The minimum Gasteiger partial charge on any atom is -0.469 e. The average molecular weight is 445 g/mol. The lowest BCUT2D eigenvalue weighted by atomic mass is 10.2. The normalized spacial score (nSPS) is 12.1. The number of carbonyl (C=O) groups excluding carboxylic acids is 1. The van der Waals surface area contributed by atoms with E-state index in [1.54, 1.807) is 43.7 Å². The van der Waals surface area contributed by atoms with Crippen molar-refractivity contribution >= 4 is 34.1 Å². The Hall–Kier alpha value is -3.18. The number of thiazole rings is 1. The first-order valence-corrected chi connectivity index (χ1v) is 10.6. The lowest BCUT2D eigenvalue weighted by Crippen LogP contribution is -2.23. The Balaban J connectivity index is 1.42. The van der Waals surface area contributed by atoms with Crippen LogP contribution in [0.3, 0.4) is 0 Å². The summed E-state index contributed by atoms with van der Waals surface area (Å²) in [7, 11) is 0. The summed E-state index contributed by atoms with van der Waals surface area (Å²) in [5, 5.41) is 13.1. The summed E-state index contributed by atoms with van der Waals surface area (Å²) >= 11 is 2.48. The molecule has 0 saturated heterocycles. The van der Waals surface area contributed by atoms with Crippen LogP contribution in [0, 0.1) is 12.7 Å². The van der Waals surface area contributed by atoms with E-state index in [1.807, 2.05) is 0 Å². The van der Waals surface area contributed by atoms with E-state index in [2.05, 4.69) is 20.5 Å². The Bertz CT molecular complexity index is 1180. The lowest BCUT2D eigenvalue weighted by molar-refractivity contribution is -0.115. The van der Waals surface area contributed by atoms with Crippen molar-refractivity contribution in [3.05, 3.63) is 53.6 Å². The van der Waals surface area contributed by atoms with E-state index in [0.29, 0.717) is 27.6 Å². The van der Waals surface area contributed by atoms with Crippen LogP contribution in [0.4, 0.5) is 9.52 Å². The average Bonchev–Trinajstić information content (AvgIpc) is 3.44. The third-order valence-electron chi connectivity index (χ3n) is 4.29. The van der Waals surface area contributed by atoms with Gasteiger partial charge in [-0.2, -0.15) is 0 Å². The van der Waals surface area contributed by atoms with Gasteiger partial charge in [-0.25, -0.2) is 14.1 Å². The third-order valence-corrected chi connectivity index (χ3v) is 6.10. The van der Waals surface area contributed by atoms with E-state index >= 15 is 0 Å². The second-order valence-electron chi connectivity index (χ2n) is 6.36. The van der Waals surface area contributed by atoms with Crippen LogP contribution in [0.15, 0.2) is 51.5 Å². The van der Waals surface area contributed by atoms with Gasteiger partial charge >= 0.3 is 0 Å². The van der Waals surface area contributed by atoms with Crippen molar-refractivity contribution in [2.45, 2.75) is 24.3 Å². The summed E-state index contributed by atoms with van der Waals surface area (Å²) in [5.74, 6) is 6.68. The fourth-order valence-electron chi connectivity index (χ4n) is 2.66. The standard InChI is InChI=1S/C19H17FN6O2S2/c1-10-14(7-8-28-10)16-24-25-19(26(16)21)30-11(2)17(27)23-18-22-15(9-29-18)12-3-5-13(20)6-4-12/h3-9,11H,21H2,1-2H3,(H,22,23,27). The monoisotopic (exact) mass is 444 g/mol. The molecule has 1 unspecified atom stereocenters. The number of nitrogens with zero attached hydrogens (tertiary/aromatic N) is 4. The number of anilines is 1. The van der Waals surface area contributed by atoms with E-state index in [0.717, 1.165) is 11.1 Å². The van der Waals surface area contributed by atoms with Crippen molar-refractivity contribution in [3.63, 3.8) is 0 Å². The molecule has 0 aliphatic carbocycles. The summed E-state index contributed by atoms with van der Waals surface area (Å²) < 4.78 is 19.7. The Morgan fingerprint density at radius 3 is 2.77 bits per heavy atom. The number of benzene rings is 1. The number of furan rings is 1. The van der Waals surface area contributed by atoms with Crippen molar-refractivity contribution in [1.29, 1.82) is 0 Å². The molecular weight excluding hydrogens is 427 g/mol. The summed E-state index contributed by atoms with van der Waals surface area (Å²) in [5.41, 5.74) is 2.18. The number of nitrogens with one attached hydrogen (secondary N) is 1. The predicted octanol–water partition coefficient (Wildman–Crippen LogP) is 3.94. The first-order chi connectivity index (χ1) is 14.4. The van der Waals surface area contributed by atoms with Crippen molar-refractivity contribution in [3.8, 4) is 22.6 Å². The minimum absolute atomic E-state index is 0.246. The van der Waals surface area contributed by atoms with Crippen LogP contribution in [0.2, 0.25) is 0 Å². The van der Waals surface area contributed by atoms with Gasteiger partial charge < -0.3 is 15.6 Å². The van der Waals surface area contributed by atoms with Crippen molar-refractivity contribution in [2.75, 3.05) is 11.2 Å². The number of nitrogens with two attached hydrogens (primary N) is 1. The molecule has 3 N–H and O–H groups in total. The minimum atomic E-state index is -0.493. The van der Waals surface area contributed by atoms with Crippen molar-refractivity contribution in [2.24, 2.45) is 0 Å². The fourth-order valence-corrected chi connectivity index (χ4v) is 4.15. The van der Waals surface area contributed by atoms with Gasteiger partial charge in [-0.1, -0.05) is 11.8 Å². The topological polar surface area (TPSA) is 112 Å². The Kier molecular flexibility index (Phi) is 5.55. The Labute approximate surface area is 179 Å². The molecule has 0 bridgehead atoms. The number of carbonyl (C=O) groups is 1. The molecular formula is C19H17FN6O2S2. The number of halogens is 1. The van der Waals surface area contributed by atoms with Crippen LogP contribution < -0.4 is 11.2 Å². The van der Waals surface area contributed by atoms with E-state index in [-0.39, 0.29) is 11.7 Å². The molecule has 0 radical (unpaired) electrons. The molecule has 0 aliphatic heterocycles. The van der Waals surface area contributed by atoms with Gasteiger partial charge in [-0.15, -0.1) is 21.5 Å². The molecule has 154 valence electrons. The fraction of sp³-hybridized carbons (Fsp3) is 0.158. The van der Waals surface area contributed by atoms with Crippen molar-refractivity contribution < 1.29 is 13.6 Å². The molecule has 4 rings (SSSR count). The number of hydrogen-bond acceptors (Lipinski definition) is 8. The highest BCUT2D eigenvalue weighted by Crippen LogP contribution is 2.29. The van der Waals surface area contributed by atoms with Gasteiger partial charge in [0.15, 0.2) is 11.0 Å². The molecule has 0 aliphatic rings. The maximum absolute atomic E-state index is 13.1. The first-order valence-electron chi connectivity index (χ1n) is 8.86. The molecule has 0 spiro atoms. The zero-order chi connectivity index (χ0) is 21.3. The van der Waals surface area contributed by atoms with Gasteiger partial charge in [0.25, 0.3) is 0 Å². The van der Waals surface area contributed by atoms with Crippen LogP contribution in [-0.4, -0.2) is 31.0 Å². The Morgan fingerprint density at radius 1 is 1.30 bits per heavy atom. The highest BCUT2D eigenvalue weighted by Gasteiger charge is 2.22. The maximum Gasteiger partial charge on any atom is 0.239 e. The molecule has 8 nitrogen and oxygen atoms in total. The summed E-state index contributed by atoms with van der Waals surface area (Å²) in [6.45, 7) is 3.55. The van der Waals surface area contributed by atoms with E-state index in [4.69, 9.17) is 10.3 Å². The SMILES string of the molecule is Cc1occc1-c1nnc(SC(C)C(=O)Nc2nc(-c3ccc(F)cc3)cs2)n1N. The molecule has 1 atom stereocenters. The van der Waals surface area contributed by atoms with E-state index in [1.165, 1.54) is 39.9 Å². The maximum atomic E-state index is 13.1. The number of aromatic nitrogens is 4. The molecule has 3 heterocycles. The van der Waals surface area contributed by atoms with Crippen LogP contribution in [0.25, 0.3) is 22.6 Å². The zero-order valence-electron chi connectivity index (χ0n) is 16.0. The molecule has 3 aromatic heterocycles. The van der Waals surface area contributed by atoms with Gasteiger partial charge in [-0.3, -0.25) is 4.79 Å². The molecule has 11 heteroatoms. The van der Waals surface area contributed by atoms with Crippen LogP contribution in [0.1, 0.15) is 12.7 Å². The number of aryl methyl sites for hydroxylation is 1. The highest BCUT2D eigenvalue weighted by molar-refractivity contribution is 8.00. The smallest absolute Gasteiger partial charge is 0.239 e. The summed E-state index contributed by atoms with van der Waals surface area (Å²) in [4.78, 5) is 17.0. The first kappa shape index (κ1) is 20.1. The second-order valence-corrected chi connectivity index (χ2v) is 8.53. The molecule has 30 heavy (non-hydrogen) atoms.